The van der Waals surface area contributed by atoms with Crippen LogP contribution in [-0.2, 0) is 19.1 Å². The van der Waals surface area contributed by atoms with Crippen molar-refractivity contribution in [3.63, 3.8) is 0 Å². The Morgan fingerprint density at radius 3 is 2.18 bits per heavy atom. The summed E-state index contributed by atoms with van der Waals surface area (Å²) in [5, 5.41) is 8.71. The van der Waals surface area contributed by atoms with Crippen LogP contribution in [0.3, 0.4) is 0 Å². The molecule has 2 aromatic heterocycles. The first kappa shape index (κ1) is 49.6. The monoisotopic (exact) mass is 891 g/mol. The summed E-state index contributed by atoms with van der Waals surface area (Å²) in [4.78, 5) is 61.8. The lowest BCUT2D eigenvalue weighted by Gasteiger charge is -2.20. The van der Waals surface area contributed by atoms with Crippen LogP contribution in [0.1, 0.15) is 183 Å². The first-order chi connectivity index (χ1) is 30.9. The Hall–Kier alpha value is -4.86. The minimum absolute atomic E-state index is 0.0823. The van der Waals surface area contributed by atoms with Gasteiger partial charge in [-0.15, -0.1) is 0 Å². The number of hydrogen-bond donors (Lipinski definition) is 4. The van der Waals surface area contributed by atoms with Crippen LogP contribution in [0.5, 0.6) is 0 Å². The van der Waals surface area contributed by atoms with Crippen molar-refractivity contribution in [2.24, 2.45) is 47.3 Å². The predicted octanol–water partition coefficient (Wildman–Crippen LogP) is 10.3. The number of fused-ring (bicyclic) bond motifs is 7. The Morgan fingerprint density at radius 1 is 0.877 bits per heavy atom. The van der Waals surface area contributed by atoms with Gasteiger partial charge in [-0.25, -0.2) is 0 Å². The molecule has 1 unspecified atom stereocenters. The average Bonchev–Trinajstić information content (AvgIpc) is 4.00. The molecule has 0 radical (unpaired) electrons. The summed E-state index contributed by atoms with van der Waals surface area (Å²) >= 11 is 0. The molecule has 10 heteroatoms. The zero-order chi connectivity index (χ0) is 47.3. The van der Waals surface area contributed by atoms with E-state index in [1.54, 1.807) is 6.92 Å². The molecule has 0 saturated carbocycles. The highest BCUT2D eigenvalue weighted by atomic mass is 16.5. The summed E-state index contributed by atoms with van der Waals surface area (Å²) in [5.41, 5.74) is 8.41. The van der Waals surface area contributed by atoms with E-state index < -0.39 is 11.9 Å². The highest BCUT2D eigenvalue weighted by Crippen LogP contribution is 2.48. The van der Waals surface area contributed by atoms with Crippen LogP contribution >= 0.6 is 0 Å². The van der Waals surface area contributed by atoms with E-state index in [4.69, 9.17) is 9.47 Å². The first-order valence-corrected chi connectivity index (χ1v) is 24.8. The van der Waals surface area contributed by atoms with E-state index in [-0.39, 0.29) is 60.3 Å². The molecule has 8 bridgehead atoms. The van der Waals surface area contributed by atoms with E-state index in [2.05, 4.69) is 94.7 Å². The minimum Gasteiger partial charge on any atom is -0.468 e. The van der Waals surface area contributed by atoms with Gasteiger partial charge in [0, 0.05) is 80.3 Å². The summed E-state index contributed by atoms with van der Waals surface area (Å²) in [6, 6.07) is -0.296. The number of carbonyl (C=O) groups is 4. The summed E-state index contributed by atoms with van der Waals surface area (Å²) in [6.07, 6.45) is 20.9. The third-order valence-electron chi connectivity index (χ3n) is 15.1. The Bertz CT molecular complexity index is 2350. The van der Waals surface area contributed by atoms with Crippen molar-refractivity contribution in [3.05, 3.63) is 73.1 Å². The van der Waals surface area contributed by atoms with E-state index in [9.17, 15) is 19.2 Å². The maximum absolute atomic E-state index is 14.4. The third kappa shape index (κ3) is 11.1. The maximum atomic E-state index is 14.4. The van der Waals surface area contributed by atoms with Gasteiger partial charge in [0.15, 0.2) is 11.6 Å². The van der Waals surface area contributed by atoms with Crippen LogP contribution < -0.4 is 21.2 Å². The zero-order valence-electron chi connectivity index (χ0n) is 41.4. The van der Waals surface area contributed by atoms with Gasteiger partial charge in [-0.1, -0.05) is 106 Å². The minimum atomic E-state index is -1.17. The molecule has 354 valence electrons. The highest BCUT2D eigenvalue weighted by molar-refractivity contribution is 6.24. The second kappa shape index (κ2) is 21.6. The van der Waals surface area contributed by atoms with Gasteiger partial charge in [0.1, 0.15) is 12.5 Å². The molecular formula is C55H78N4O6. The second-order valence-corrected chi connectivity index (χ2v) is 20.5. The molecule has 2 aromatic rings. The number of carbonyl (C=O) groups excluding carboxylic acids is 4. The van der Waals surface area contributed by atoms with E-state index in [0.29, 0.717) is 45.6 Å². The zero-order valence-corrected chi connectivity index (χ0v) is 41.4. The van der Waals surface area contributed by atoms with Gasteiger partial charge >= 0.3 is 11.9 Å². The average molecular weight is 891 g/mol. The van der Waals surface area contributed by atoms with Gasteiger partial charge in [0.05, 0.1) is 18.5 Å². The molecule has 0 aromatic carbocycles. The topological polar surface area (TPSA) is 142 Å². The second-order valence-electron chi connectivity index (χ2n) is 20.5. The molecule has 4 N–H and O–H groups in total. The number of Topliss-reactive ketones (excluding diaryl/α,β-unsaturated/α-hetero) is 2. The van der Waals surface area contributed by atoms with Crippen LogP contribution in [0.15, 0.2) is 28.7 Å². The number of hydrogen-bond acceptors (Lipinski definition) is 8. The van der Waals surface area contributed by atoms with Crippen molar-refractivity contribution in [1.29, 1.82) is 0 Å². The van der Waals surface area contributed by atoms with E-state index >= 15 is 0 Å². The molecule has 3 aliphatic heterocycles. The molecule has 65 heavy (non-hydrogen) atoms. The summed E-state index contributed by atoms with van der Waals surface area (Å²) < 4.78 is 11.1. The Kier molecular flexibility index (Phi) is 16.5. The van der Waals surface area contributed by atoms with E-state index in [1.807, 2.05) is 19.1 Å². The van der Waals surface area contributed by atoms with E-state index in [1.165, 1.54) is 57.6 Å². The van der Waals surface area contributed by atoms with Crippen LogP contribution in [0.4, 0.5) is 0 Å². The van der Waals surface area contributed by atoms with Crippen LogP contribution in [0, 0.1) is 54.3 Å². The number of aromatic amines is 2. The number of H-pyrrole nitrogens is 2. The molecule has 2 fully saturated rings. The fraction of sp³-hybridized carbons (Fsp3) is 0.600. The van der Waals surface area contributed by atoms with Crippen molar-refractivity contribution in [2.45, 2.75) is 152 Å². The smallest absolute Gasteiger partial charge is 0.321 e. The fourth-order valence-corrected chi connectivity index (χ4v) is 11.0. The van der Waals surface area contributed by atoms with E-state index in [0.717, 1.165) is 64.8 Å². The van der Waals surface area contributed by atoms with Crippen LogP contribution in [0.25, 0.3) is 30.4 Å². The highest BCUT2D eigenvalue weighted by Gasteiger charge is 2.49. The van der Waals surface area contributed by atoms with Crippen molar-refractivity contribution in [2.75, 3.05) is 13.7 Å². The molecule has 6 rings (SSSR count). The summed E-state index contributed by atoms with van der Waals surface area (Å²) in [6.45, 7) is 26.1. The Morgan fingerprint density at radius 2 is 1.54 bits per heavy atom. The maximum Gasteiger partial charge on any atom is 0.321 e. The quantitative estimate of drug-likeness (QED) is 0.0446. The van der Waals surface area contributed by atoms with Gasteiger partial charge < -0.3 is 30.1 Å². The number of ether oxygens (including phenoxy) is 2. The molecule has 8 atom stereocenters. The Balaban J connectivity index is 1.21. The standard InChI is InChI=1S/C55H78N4O6/c1-13-39-34(7)41-29-46-48(38(11)60)36(9)43(57-46)27-42-35(8)40(52(58-42)50-51(55(63)64-12)54(62)49-37(10)44(59-53(49)50)28-45(39)56-41)23-24-47(61)65-26-25-33(6)22-16-21-32(5)20-15-19-31(4)18-14-17-30(2)3/h25,27-32,34-35,39-40,42,51,56-59H,9,13-24,26H2,1-8,10-12H3/b33-25+,41-29-,43-27-,45-28-,52-50-/t31-,32-,34-,35+,39-,40+,42?,51-/m1/s1. The predicted molar refractivity (Wildman–Crippen MR) is 263 cm³/mol. The van der Waals surface area contributed by atoms with Crippen molar-refractivity contribution >= 4 is 53.9 Å². The molecular weight excluding hydrogens is 813 g/mol. The molecule has 1 aliphatic carbocycles. The number of methoxy groups -OCH3 is 1. The molecule has 5 heterocycles. The largest absolute Gasteiger partial charge is 0.468 e. The van der Waals surface area contributed by atoms with Crippen LogP contribution in [0.2, 0.25) is 0 Å². The molecule has 4 aliphatic rings. The van der Waals surface area contributed by atoms with Gasteiger partial charge in [-0.05, 0) is 100.0 Å². The molecule has 0 amide bonds. The molecule has 10 nitrogen and oxygen atoms in total. The summed E-state index contributed by atoms with van der Waals surface area (Å²) in [7, 11) is 1.31. The molecule has 2 saturated heterocycles. The molecule has 0 spiro atoms. The number of allylic oxidation sites excluding steroid dienone is 4. The first-order valence-electron chi connectivity index (χ1n) is 24.8. The number of esters is 2. The Labute approximate surface area is 388 Å². The van der Waals surface area contributed by atoms with Gasteiger partial charge in [-0.3, -0.25) is 19.2 Å². The number of nitrogens with one attached hydrogen (secondary N) is 4. The van der Waals surface area contributed by atoms with Crippen molar-refractivity contribution in [3.8, 4) is 0 Å². The number of aromatic nitrogens is 2. The van der Waals surface area contributed by atoms with Crippen LogP contribution in [-0.4, -0.2) is 53.2 Å². The third-order valence-corrected chi connectivity index (χ3v) is 15.1. The SMILES string of the molecule is C=c1c(C(C)=O)c2[nH]/c1=C\C1N/C(=C3\c4[nH]c(c(C)c4C(=O)[C@@H]3C(=O)OC)/C=C3\N/C(=C\2)[C@H](C)[C@H]3CC)[C@@H](CCC(=O)OC/C=C(\C)CCC[C@H](C)CCC[C@H](C)CCCC(C)C)[C@@H]1C. The normalized spacial score (nSPS) is 26.7. The number of rotatable bonds is 20. The van der Waals surface area contributed by atoms with Gasteiger partial charge in [-0.2, -0.15) is 0 Å². The van der Waals surface area contributed by atoms with Crippen molar-refractivity contribution in [1.82, 2.24) is 20.6 Å². The number of ketones is 2. The lowest BCUT2D eigenvalue weighted by molar-refractivity contribution is -0.143. The summed E-state index contributed by atoms with van der Waals surface area (Å²) in [5.74, 6) is -0.193. The lowest BCUT2D eigenvalue weighted by Crippen LogP contribution is -2.32. The van der Waals surface area contributed by atoms with Gasteiger partial charge in [0.25, 0.3) is 0 Å². The lowest BCUT2D eigenvalue weighted by atomic mass is 9.84. The van der Waals surface area contributed by atoms with Gasteiger partial charge in [0.2, 0.25) is 0 Å². The van der Waals surface area contributed by atoms with Crippen molar-refractivity contribution < 1.29 is 28.7 Å². The fourth-order valence-electron chi connectivity index (χ4n) is 11.0.